The molecule has 2 unspecified atom stereocenters. The highest BCUT2D eigenvalue weighted by Crippen LogP contribution is 2.36. The minimum Gasteiger partial charge on any atom is -0.311 e. The van der Waals surface area contributed by atoms with Gasteiger partial charge in [0.15, 0.2) is 0 Å². The van der Waals surface area contributed by atoms with E-state index in [9.17, 15) is 0 Å². The maximum Gasteiger partial charge on any atom is 0.0249 e. The van der Waals surface area contributed by atoms with Gasteiger partial charge in [-0.05, 0) is 30.4 Å². The van der Waals surface area contributed by atoms with Crippen molar-refractivity contribution in [3.05, 3.63) is 0 Å². The zero-order valence-electron chi connectivity index (χ0n) is 11.6. The van der Waals surface area contributed by atoms with Crippen LogP contribution < -0.4 is 5.32 Å². The van der Waals surface area contributed by atoms with Crippen molar-refractivity contribution in [2.45, 2.75) is 45.7 Å². The van der Waals surface area contributed by atoms with Crippen molar-refractivity contribution in [2.24, 2.45) is 11.8 Å². The second-order valence-electron chi connectivity index (χ2n) is 5.86. The first-order valence-corrected chi connectivity index (χ1v) is 8.43. The molecule has 0 spiro atoms. The van der Waals surface area contributed by atoms with Crippen molar-refractivity contribution in [2.75, 3.05) is 31.1 Å². The summed E-state index contributed by atoms with van der Waals surface area (Å²) in [6.45, 7) is 10.7. The van der Waals surface area contributed by atoms with Gasteiger partial charge in [-0.15, -0.1) is 0 Å². The lowest BCUT2D eigenvalue weighted by molar-refractivity contribution is 0.107. The standard InChI is InChI=1S/C14H28N2S/c1-4-17-8-7-16-10-13(11(2)3)15-9-14(16)12-5-6-12/h11-15H,4-10H2,1-3H3. The van der Waals surface area contributed by atoms with Gasteiger partial charge in [0.1, 0.15) is 0 Å². The van der Waals surface area contributed by atoms with Gasteiger partial charge >= 0.3 is 0 Å². The fourth-order valence-corrected chi connectivity index (χ4v) is 3.48. The SMILES string of the molecule is CCSCCN1CC(C(C)C)NCC1C1CC1. The number of nitrogens with zero attached hydrogens (tertiary/aromatic N) is 1. The van der Waals surface area contributed by atoms with Gasteiger partial charge in [0.2, 0.25) is 0 Å². The highest BCUT2D eigenvalue weighted by Gasteiger charge is 2.38. The molecule has 0 aromatic heterocycles. The molecule has 0 amide bonds. The third-order valence-corrected chi connectivity index (χ3v) is 5.07. The fraction of sp³-hybridized carbons (Fsp3) is 1.00. The normalized spacial score (nSPS) is 31.1. The van der Waals surface area contributed by atoms with E-state index in [-0.39, 0.29) is 0 Å². The Morgan fingerprint density at radius 3 is 2.71 bits per heavy atom. The highest BCUT2D eigenvalue weighted by molar-refractivity contribution is 7.99. The minimum absolute atomic E-state index is 0.705. The molecule has 0 radical (unpaired) electrons. The van der Waals surface area contributed by atoms with Crippen LogP contribution in [-0.4, -0.2) is 48.1 Å². The smallest absolute Gasteiger partial charge is 0.0249 e. The van der Waals surface area contributed by atoms with Gasteiger partial charge in [0, 0.05) is 37.5 Å². The monoisotopic (exact) mass is 256 g/mol. The van der Waals surface area contributed by atoms with Crippen LogP contribution in [0.5, 0.6) is 0 Å². The Bertz CT molecular complexity index is 228. The van der Waals surface area contributed by atoms with E-state index >= 15 is 0 Å². The largest absolute Gasteiger partial charge is 0.311 e. The number of piperazine rings is 1. The molecule has 1 aliphatic carbocycles. The van der Waals surface area contributed by atoms with Crippen LogP contribution in [0.25, 0.3) is 0 Å². The van der Waals surface area contributed by atoms with E-state index in [1.807, 2.05) is 0 Å². The lowest BCUT2D eigenvalue weighted by atomic mass is 9.97. The van der Waals surface area contributed by atoms with Gasteiger partial charge in [-0.25, -0.2) is 0 Å². The highest BCUT2D eigenvalue weighted by atomic mass is 32.2. The molecule has 2 atom stereocenters. The van der Waals surface area contributed by atoms with Crippen LogP contribution in [0, 0.1) is 11.8 Å². The van der Waals surface area contributed by atoms with Crippen LogP contribution in [0.2, 0.25) is 0 Å². The molecule has 2 fully saturated rings. The first kappa shape index (κ1) is 13.7. The quantitative estimate of drug-likeness (QED) is 0.735. The second-order valence-corrected chi connectivity index (χ2v) is 7.25. The molecular formula is C14H28N2S. The molecule has 3 heteroatoms. The van der Waals surface area contributed by atoms with Crippen molar-refractivity contribution < 1.29 is 0 Å². The van der Waals surface area contributed by atoms with Gasteiger partial charge < -0.3 is 5.32 Å². The molecular weight excluding hydrogens is 228 g/mol. The first-order chi connectivity index (χ1) is 8.22. The van der Waals surface area contributed by atoms with Crippen LogP contribution in [-0.2, 0) is 0 Å². The summed E-state index contributed by atoms with van der Waals surface area (Å²) in [6, 6.07) is 1.54. The number of hydrogen-bond donors (Lipinski definition) is 1. The van der Waals surface area contributed by atoms with Crippen molar-refractivity contribution in [3.8, 4) is 0 Å². The van der Waals surface area contributed by atoms with Crippen molar-refractivity contribution >= 4 is 11.8 Å². The number of thioether (sulfide) groups is 1. The van der Waals surface area contributed by atoms with Crippen LogP contribution in [0.4, 0.5) is 0 Å². The van der Waals surface area contributed by atoms with E-state index in [1.165, 1.54) is 44.0 Å². The Hall–Kier alpha value is 0.270. The van der Waals surface area contributed by atoms with E-state index in [0.717, 1.165) is 17.9 Å². The minimum atomic E-state index is 0.705. The molecule has 1 heterocycles. The molecule has 0 bridgehead atoms. The van der Waals surface area contributed by atoms with Gasteiger partial charge in [0.05, 0.1) is 0 Å². The predicted molar refractivity (Wildman–Crippen MR) is 77.7 cm³/mol. The maximum absolute atomic E-state index is 3.76. The molecule has 100 valence electrons. The summed E-state index contributed by atoms with van der Waals surface area (Å²) in [4.78, 5) is 2.78. The second kappa shape index (κ2) is 6.44. The fourth-order valence-electron chi connectivity index (χ4n) is 2.83. The Labute approximate surface area is 111 Å². The van der Waals surface area contributed by atoms with Gasteiger partial charge in [-0.3, -0.25) is 4.90 Å². The van der Waals surface area contributed by atoms with Crippen LogP contribution in [0.3, 0.4) is 0 Å². The third-order valence-electron chi connectivity index (χ3n) is 4.19. The summed E-state index contributed by atoms with van der Waals surface area (Å²) in [6.07, 6.45) is 2.94. The van der Waals surface area contributed by atoms with Crippen LogP contribution >= 0.6 is 11.8 Å². The third kappa shape index (κ3) is 3.87. The van der Waals surface area contributed by atoms with Crippen LogP contribution in [0.1, 0.15) is 33.6 Å². The molecule has 17 heavy (non-hydrogen) atoms. The Balaban J connectivity index is 1.85. The van der Waals surface area contributed by atoms with E-state index < -0.39 is 0 Å². The van der Waals surface area contributed by atoms with Gasteiger partial charge in [-0.2, -0.15) is 11.8 Å². The molecule has 2 aliphatic rings. The van der Waals surface area contributed by atoms with E-state index in [1.54, 1.807) is 0 Å². The van der Waals surface area contributed by atoms with E-state index in [2.05, 4.69) is 42.7 Å². The molecule has 2 nitrogen and oxygen atoms in total. The number of nitrogens with one attached hydrogen (secondary N) is 1. The molecule has 2 rings (SSSR count). The van der Waals surface area contributed by atoms with E-state index in [4.69, 9.17) is 0 Å². The topological polar surface area (TPSA) is 15.3 Å². The maximum atomic E-state index is 3.76. The van der Waals surface area contributed by atoms with Crippen molar-refractivity contribution in [3.63, 3.8) is 0 Å². The van der Waals surface area contributed by atoms with E-state index in [0.29, 0.717) is 6.04 Å². The Kier molecular flexibility index (Phi) is 5.19. The summed E-state index contributed by atoms with van der Waals surface area (Å²) in [5.41, 5.74) is 0. The average molecular weight is 256 g/mol. The Morgan fingerprint density at radius 1 is 1.35 bits per heavy atom. The predicted octanol–water partition coefficient (Wildman–Crippen LogP) is 2.45. The molecule has 0 aromatic carbocycles. The van der Waals surface area contributed by atoms with Gasteiger partial charge in [0.25, 0.3) is 0 Å². The first-order valence-electron chi connectivity index (χ1n) is 7.27. The number of rotatable bonds is 6. The van der Waals surface area contributed by atoms with Gasteiger partial charge in [-0.1, -0.05) is 20.8 Å². The molecule has 1 saturated carbocycles. The lowest BCUT2D eigenvalue weighted by Gasteiger charge is -2.42. The zero-order chi connectivity index (χ0) is 12.3. The molecule has 0 aromatic rings. The zero-order valence-corrected chi connectivity index (χ0v) is 12.4. The van der Waals surface area contributed by atoms with Crippen molar-refractivity contribution in [1.29, 1.82) is 0 Å². The van der Waals surface area contributed by atoms with Crippen LogP contribution in [0.15, 0.2) is 0 Å². The summed E-state index contributed by atoms with van der Waals surface area (Å²) >= 11 is 2.08. The lowest BCUT2D eigenvalue weighted by Crippen LogP contribution is -2.59. The molecule has 1 aliphatic heterocycles. The summed E-state index contributed by atoms with van der Waals surface area (Å²) in [5.74, 6) is 4.33. The average Bonchev–Trinajstić information content (AvgIpc) is 3.13. The summed E-state index contributed by atoms with van der Waals surface area (Å²) in [5, 5.41) is 3.76. The molecule has 1 N–H and O–H groups in total. The molecule has 1 saturated heterocycles. The summed E-state index contributed by atoms with van der Waals surface area (Å²) in [7, 11) is 0. The Morgan fingerprint density at radius 2 is 2.12 bits per heavy atom. The summed E-state index contributed by atoms with van der Waals surface area (Å²) < 4.78 is 0. The van der Waals surface area contributed by atoms with Crippen molar-refractivity contribution in [1.82, 2.24) is 10.2 Å². The number of hydrogen-bond acceptors (Lipinski definition) is 3.